The minimum absolute atomic E-state index is 0.0770. The maximum atomic E-state index is 11.7. The Labute approximate surface area is 109 Å². The number of thiophene rings is 1. The van der Waals surface area contributed by atoms with Gasteiger partial charge in [0, 0.05) is 10.9 Å². The summed E-state index contributed by atoms with van der Waals surface area (Å²) in [4.78, 5) is 23.5. The van der Waals surface area contributed by atoms with Crippen molar-refractivity contribution in [3.8, 4) is 0 Å². The molecule has 0 saturated carbocycles. The molecule has 1 aromatic rings. The van der Waals surface area contributed by atoms with E-state index in [2.05, 4.69) is 0 Å². The van der Waals surface area contributed by atoms with E-state index in [9.17, 15) is 9.59 Å². The topological polar surface area (TPSA) is 78.6 Å². The molecule has 0 radical (unpaired) electrons. The van der Waals surface area contributed by atoms with Gasteiger partial charge in [-0.25, -0.2) is 9.59 Å². The Morgan fingerprint density at radius 1 is 1.22 bits per heavy atom. The van der Waals surface area contributed by atoms with Gasteiger partial charge in [-0.2, -0.15) is 11.3 Å². The molecule has 0 aliphatic rings. The van der Waals surface area contributed by atoms with Crippen LogP contribution in [0.3, 0.4) is 0 Å². The fraction of sp³-hybridized carbons (Fsp3) is 0.333. The third-order valence-corrected chi connectivity index (χ3v) is 2.74. The number of rotatable bonds is 5. The maximum Gasteiger partial charge on any atom is 0.347 e. The van der Waals surface area contributed by atoms with Crippen molar-refractivity contribution in [3.05, 3.63) is 28.0 Å². The van der Waals surface area contributed by atoms with Gasteiger partial charge in [0.1, 0.15) is 0 Å². The highest BCUT2D eigenvalue weighted by molar-refractivity contribution is 7.08. The standard InChI is InChI=1S/C12H15NO4S/c1-3-16-11(14)9(12(15)17-4-2)10(13)8-5-6-18-7-8/h5-7H,3-4,13H2,1-2H3. The van der Waals surface area contributed by atoms with Gasteiger partial charge in [-0.15, -0.1) is 0 Å². The lowest BCUT2D eigenvalue weighted by Gasteiger charge is -2.09. The third-order valence-electron chi connectivity index (χ3n) is 2.06. The van der Waals surface area contributed by atoms with Gasteiger partial charge >= 0.3 is 11.9 Å². The molecule has 18 heavy (non-hydrogen) atoms. The van der Waals surface area contributed by atoms with Gasteiger partial charge in [0.15, 0.2) is 5.57 Å². The summed E-state index contributed by atoms with van der Waals surface area (Å²) in [5.74, 6) is -1.53. The molecule has 0 fully saturated rings. The highest BCUT2D eigenvalue weighted by atomic mass is 32.1. The van der Waals surface area contributed by atoms with Crippen molar-refractivity contribution in [3.63, 3.8) is 0 Å². The van der Waals surface area contributed by atoms with Crippen molar-refractivity contribution in [1.82, 2.24) is 0 Å². The van der Waals surface area contributed by atoms with Crippen LogP contribution in [0.2, 0.25) is 0 Å². The summed E-state index contributed by atoms with van der Waals surface area (Å²) in [5.41, 5.74) is 6.26. The van der Waals surface area contributed by atoms with Crippen molar-refractivity contribution in [1.29, 1.82) is 0 Å². The molecule has 5 nitrogen and oxygen atoms in total. The average molecular weight is 269 g/mol. The summed E-state index contributed by atoms with van der Waals surface area (Å²) in [6.07, 6.45) is 0. The lowest BCUT2D eigenvalue weighted by molar-refractivity contribution is -0.146. The first kappa shape index (κ1) is 14.2. The molecule has 0 bridgehead atoms. The molecular formula is C12H15NO4S. The summed E-state index contributed by atoms with van der Waals surface area (Å²) in [6.45, 7) is 3.64. The Bertz CT molecular complexity index is 431. The van der Waals surface area contributed by atoms with E-state index in [4.69, 9.17) is 15.2 Å². The van der Waals surface area contributed by atoms with Crippen LogP contribution in [0, 0.1) is 0 Å². The van der Waals surface area contributed by atoms with E-state index in [0.29, 0.717) is 5.56 Å². The molecule has 0 aliphatic carbocycles. The van der Waals surface area contributed by atoms with Gasteiger partial charge in [0.05, 0.1) is 18.9 Å². The minimum atomic E-state index is -0.764. The van der Waals surface area contributed by atoms with Crippen LogP contribution in [-0.2, 0) is 19.1 Å². The van der Waals surface area contributed by atoms with Gasteiger partial charge in [0.25, 0.3) is 0 Å². The average Bonchev–Trinajstić information content (AvgIpc) is 2.83. The monoisotopic (exact) mass is 269 g/mol. The van der Waals surface area contributed by atoms with E-state index in [0.717, 1.165) is 0 Å². The van der Waals surface area contributed by atoms with Gasteiger partial charge in [0.2, 0.25) is 0 Å². The van der Waals surface area contributed by atoms with Crippen molar-refractivity contribution >= 4 is 29.0 Å². The summed E-state index contributed by atoms with van der Waals surface area (Å²) in [6, 6.07) is 1.72. The van der Waals surface area contributed by atoms with Crippen LogP contribution in [-0.4, -0.2) is 25.2 Å². The molecule has 0 aromatic carbocycles. The molecule has 6 heteroatoms. The Morgan fingerprint density at radius 3 is 2.17 bits per heavy atom. The first-order chi connectivity index (χ1) is 8.61. The molecule has 1 heterocycles. The van der Waals surface area contributed by atoms with Crippen LogP contribution in [0.4, 0.5) is 0 Å². The lowest BCUT2D eigenvalue weighted by atomic mass is 10.1. The SMILES string of the molecule is CCOC(=O)C(C(=O)OCC)=C(N)c1ccsc1. The minimum Gasteiger partial charge on any atom is -0.462 e. The van der Waals surface area contributed by atoms with Crippen LogP contribution in [0.5, 0.6) is 0 Å². The molecule has 1 aromatic heterocycles. The van der Waals surface area contributed by atoms with Crippen molar-refractivity contribution < 1.29 is 19.1 Å². The number of esters is 2. The predicted molar refractivity (Wildman–Crippen MR) is 68.7 cm³/mol. The summed E-state index contributed by atoms with van der Waals surface area (Å²) in [5, 5.41) is 3.55. The summed E-state index contributed by atoms with van der Waals surface area (Å²) in [7, 11) is 0. The van der Waals surface area contributed by atoms with Crippen molar-refractivity contribution in [2.24, 2.45) is 5.73 Å². The normalized spacial score (nSPS) is 9.67. The molecule has 1 rings (SSSR count). The third kappa shape index (κ3) is 3.33. The second kappa shape index (κ2) is 6.80. The van der Waals surface area contributed by atoms with Crippen LogP contribution in [0.25, 0.3) is 5.70 Å². The molecule has 0 spiro atoms. The van der Waals surface area contributed by atoms with Gasteiger partial charge in [-0.05, 0) is 25.3 Å². The number of hydrogen-bond acceptors (Lipinski definition) is 6. The number of carbonyl (C=O) groups is 2. The molecular weight excluding hydrogens is 254 g/mol. The fourth-order valence-electron chi connectivity index (χ4n) is 1.27. The molecule has 0 atom stereocenters. The second-order valence-corrected chi connectivity index (χ2v) is 4.02. The van der Waals surface area contributed by atoms with E-state index >= 15 is 0 Å². The van der Waals surface area contributed by atoms with Crippen LogP contribution < -0.4 is 5.73 Å². The molecule has 0 saturated heterocycles. The Hall–Kier alpha value is -1.82. The molecule has 0 unspecified atom stereocenters. The van der Waals surface area contributed by atoms with E-state index in [1.165, 1.54) is 11.3 Å². The second-order valence-electron chi connectivity index (χ2n) is 3.24. The van der Waals surface area contributed by atoms with E-state index in [1.807, 2.05) is 0 Å². The van der Waals surface area contributed by atoms with Crippen LogP contribution >= 0.6 is 11.3 Å². The highest BCUT2D eigenvalue weighted by Gasteiger charge is 2.25. The first-order valence-electron chi connectivity index (χ1n) is 5.48. The largest absolute Gasteiger partial charge is 0.462 e. The Kier molecular flexibility index (Phi) is 5.38. The zero-order chi connectivity index (χ0) is 13.5. The van der Waals surface area contributed by atoms with Crippen molar-refractivity contribution in [2.45, 2.75) is 13.8 Å². The first-order valence-corrected chi connectivity index (χ1v) is 6.42. The molecule has 2 N–H and O–H groups in total. The number of carbonyl (C=O) groups excluding carboxylic acids is 2. The smallest absolute Gasteiger partial charge is 0.347 e. The Morgan fingerprint density at radius 2 is 1.78 bits per heavy atom. The molecule has 98 valence electrons. The predicted octanol–water partition coefficient (Wildman–Crippen LogP) is 1.54. The van der Waals surface area contributed by atoms with Crippen molar-refractivity contribution in [2.75, 3.05) is 13.2 Å². The Balaban J connectivity index is 3.14. The van der Waals surface area contributed by atoms with E-state index < -0.39 is 11.9 Å². The zero-order valence-corrected chi connectivity index (χ0v) is 11.1. The number of ether oxygens (including phenoxy) is 2. The zero-order valence-electron chi connectivity index (χ0n) is 10.3. The molecule has 0 aliphatic heterocycles. The lowest BCUT2D eigenvalue weighted by Crippen LogP contribution is -2.22. The van der Waals surface area contributed by atoms with Crippen LogP contribution in [0.15, 0.2) is 22.4 Å². The van der Waals surface area contributed by atoms with E-state index in [1.54, 1.807) is 30.7 Å². The van der Waals surface area contributed by atoms with E-state index in [-0.39, 0.29) is 24.5 Å². The fourth-order valence-corrected chi connectivity index (χ4v) is 1.93. The quantitative estimate of drug-likeness (QED) is 0.380. The molecule has 0 amide bonds. The summed E-state index contributed by atoms with van der Waals surface area (Å²) < 4.78 is 9.63. The number of hydrogen-bond donors (Lipinski definition) is 1. The summed E-state index contributed by atoms with van der Waals surface area (Å²) >= 11 is 1.42. The van der Waals surface area contributed by atoms with Gasteiger partial charge < -0.3 is 15.2 Å². The maximum absolute atomic E-state index is 11.7. The highest BCUT2D eigenvalue weighted by Crippen LogP contribution is 2.18. The number of nitrogens with two attached hydrogens (primary N) is 1. The van der Waals surface area contributed by atoms with Gasteiger partial charge in [-0.3, -0.25) is 0 Å². The van der Waals surface area contributed by atoms with Crippen LogP contribution in [0.1, 0.15) is 19.4 Å². The van der Waals surface area contributed by atoms with Gasteiger partial charge in [-0.1, -0.05) is 0 Å².